The lowest BCUT2D eigenvalue weighted by Crippen LogP contribution is -2.39. The number of nitrogens with one attached hydrogen (secondary N) is 1. The molecule has 0 unspecified atom stereocenters. The Morgan fingerprint density at radius 1 is 1.00 bits per heavy atom. The molecule has 3 N–H and O–H groups in total. The number of nitrogens with two attached hydrogens (primary N) is 1. The highest BCUT2D eigenvalue weighted by Crippen LogP contribution is 2.22. The number of carbonyl (C=O) groups is 1. The van der Waals surface area contributed by atoms with Gasteiger partial charge < -0.3 is 10.6 Å². The summed E-state index contributed by atoms with van der Waals surface area (Å²) in [6.45, 7) is 1.75. The van der Waals surface area contributed by atoms with E-state index in [2.05, 4.69) is 30.3 Å². The predicted octanol–water partition coefficient (Wildman–Crippen LogP) is 3.38. The van der Waals surface area contributed by atoms with Crippen molar-refractivity contribution in [3.8, 4) is 0 Å². The molecule has 0 bridgehead atoms. The highest BCUT2D eigenvalue weighted by atomic mass is 16.2. The van der Waals surface area contributed by atoms with Crippen molar-refractivity contribution in [2.75, 3.05) is 13.1 Å². The minimum atomic E-state index is 0.0750. The number of hydrogen-bond donors (Lipinski definition) is 2. The average molecular weight is 349 g/mol. The monoisotopic (exact) mass is 349 g/mol. The summed E-state index contributed by atoms with van der Waals surface area (Å²) in [7, 11) is 0. The molecule has 0 aromatic heterocycles. The molecular weight excluding hydrogens is 322 g/mol. The molecule has 1 fully saturated rings. The molecule has 0 aliphatic carbocycles. The zero-order valence-corrected chi connectivity index (χ0v) is 15.2. The molecule has 0 atom stereocenters. The molecule has 136 valence electrons. The van der Waals surface area contributed by atoms with Crippen molar-refractivity contribution >= 4 is 11.7 Å². The van der Waals surface area contributed by atoms with Gasteiger partial charge in [-0.1, -0.05) is 54.6 Å². The number of rotatable bonds is 6. The van der Waals surface area contributed by atoms with Crippen molar-refractivity contribution in [1.82, 2.24) is 4.90 Å². The maximum absolute atomic E-state index is 12.5. The lowest BCUT2D eigenvalue weighted by atomic mass is 9.90. The fourth-order valence-electron chi connectivity index (χ4n) is 3.59. The lowest BCUT2D eigenvalue weighted by molar-refractivity contribution is -0.132. The molecular formula is C22H27N3O. The number of aryl methyl sites for hydroxylation is 1. The second-order valence-electron chi connectivity index (χ2n) is 7.12. The number of nitrogen functional groups attached to an aromatic ring is 1. The zero-order valence-electron chi connectivity index (χ0n) is 15.2. The summed E-state index contributed by atoms with van der Waals surface area (Å²) in [4.78, 5) is 14.5. The van der Waals surface area contributed by atoms with Crippen molar-refractivity contribution in [3.05, 3.63) is 71.3 Å². The molecule has 1 saturated heterocycles. The number of benzene rings is 2. The van der Waals surface area contributed by atoms with Gasteiger partial charge in [0.05, 0.1) is 0 Å². The van der Waals surface area contributed by atoms with Crippen molar-refractivity contribution in [2.45, 2.75) is 32.1 Å². The molecule has 1 heterocycles. The Bertz CT molecular complexity index is 732. The summed E-state index contributed by atoms with van der Waals surface area (Å²) in [5, 5.41) is 7.41. The number of hydrogen-bond acceptors (Lipinski definition) is 2. The quantitative estimate of drug-likeness (QED) is 0.620. The van der Waals surface area contributed by atoms with Gasteiger partial charge in [0.1, 0.15) is 5.84 Å². The number of amidine groups is 1. The Balaban J connectivity index is 1.42. The van der Waals surface area contributed by atoms with Gasteiger partial charge in [-0.25, -0.2) is 0 Å². The first-order valence-electron chi connectivity index (χ1n) is 9.37. The van der Waals surface area contributed by atoms with Crippen LogP contribution in [-0.2, 0) is 17.6 Å². The van der Waals surface area contributed by atoms with E-state index in [0.29, 0.717) is 12.3 Å². The number of nitrogens with zero attached hydrogens (tertiary/aromatic N) is 1. The normalized spacial score (nSPS) is 15.0. The maximum Gasteiger partial charge on any atom is 0.222 e. The van der Waals surface area contributed by atoms with Crippen LogP contribution in [0.1, 0.15) is 36.0 Å². The second-order valence-corrected chi connectivity index (χ2v) is 7.12. The van der Waals surface area contributed by atoms with Crippen LogP contribution in [-0.4, -0.2) is 29.7 Å². The summed E-state index contributed by atoms with van der Waals surface area (Å²) in [6.07, 6.45) is 4.58. The molecule has 1 aliphatic heterocycles. The summed E-state index contributed by atoms with van der Waals surface area (Å²) in [5.74, 6) is 1.00. The summed E-state index contributed by atoms with van der Waals surface area (Å²) in [6, 6.07) is 18.2. The molecule has 2 aromatic carbocycles. The van der Waals surface area contributed by atoms with Crippen LogP contribution in [0.15, 0.2) is 54.6 Å². The van der Waals surface area contributed by atoms with E-state index >= 15 is 0 Å². The van der Waals surface area contributed by atoms with Crippen LogP contribution in [0.25, 0.3) is 0 Å². The smallest absolute Gasteiger partial charge is 0.222 e. The standard InChI is InChI=1S/C22H27N3O/c23-22(24)20-9-6-17(7-10-20)8-11-21(26)25-14-12-19(13-15-25)16-18-4-2-1-3-5-18/h1-7,9-10,19H,8,11-16H2,(H3,23,24). The topological polar surface area (TPSA) is 70.2 Å². The van der Waals surface area contributed by atoms with Gasteiger partial charge in [-0.3, -0.25) is 10.2 Å². The molecule has 4 heteroatoms. The van der Waals surface area contributed by atoms with Crippen LogP contribution in [0.5, 0.6) is 0 Å². The van der Waals surface area contributed by atoms with E-state index < -0.39 is 0 Å². The first-order chi connectivity index (χ1) is 12.6. The largest absolute Gasteiger partial charge is 0.384 e. The minimum Gasteiger partial charge on any atom is -0.384 e. The highest BCUT2D eigenvalue weighted by Gasteiger charge is 2.22. The van der Waals surface area contributed by atoms with E-state index in [0.717, 1.165) is 49.9 Å². The fraction of sp³-hybridized carbons (Fsp3) is 0.364. The fourth-order valence-corrected chi connectivity index (χ4v) is 3.59. The van der Waals surface area contributed by atoms with E-state index in [4.69, 9.17) is 11.1 Å². The Morgan fingerprint density at radius 2 is 1.65 bits per heavy atom. The SMILES string of the molecule is N=C(N)c1ccc(CCC(=O)N2CCC(Cc3ccccc3)CC2)cc1. The van der Waals surface area contributed by atoms with E-state index in [9.17, 15) is 4.79 Å². The van der Waals surface area contributed by atoms with Gasteiger partial charge in [-0.05, 0) is 42.7 Å². The summed E-state index contributed by atoms with van der Waals surface area (Å²) >= 11 is 0. The van der Waals surface area contributed by atoms with E-state index in [1.54, 1.807) is 0 Å². The Morgan fingerprint density at radius 3 is 2.27 bits per heavy atom. The van der Waals surface area contributed by atoms with Crippen molar-refractivity contribution in [3.63, 3.8) is 0 Å². The summed E-state index contributed by atoms with van der Waals surface area (Å²) in [5.41, 5.74) is 8.70. The van der Waals surface area contributed by atoms with Crippen LogP contribution in [0.3, 0.4) is 0 Å². The number of amides is 1. The number of piperidine rings is 1. The van der Waals surface area contributed by atoms with Crippen LogP contribution >= 0.6 is 0 Å². The number of likely N-dealkylation sites (tertiary alicyclic amines) is 1. The molecule has 26 heavy (non-hydrogen) atoms. The number of carbonyl (C=O) groups excluding carboxylic acids is 1. The molecule has 0 spiro atoms. The Hall–Kier alpha value is -2.62. The van der Waals surface area contributed by atoms with Crippen molar-refractivity contribution in [1.29, 1.82) is 5.41 Å². The van der Waals surface area contributed by atoms with Crippen LogP contribution in [0.2, 0.25) is 0 Å². The molecule has 3 rings (SSSR count). The van der Waals surface area contributed by atoms with Gasteiger partial charge in [0, 0.05) is 25.1 Å². The first kappa shape index (κ1) is 18.2. The van der Waals surface area contributed by atoms with Gasteiger partial charge in [0.2, 0.25) is 5.91 Å². The maximum atomic E-state index is 12.5. The van der Waals surface area contributed by atoms with Gasteiger partial charge in [-0.2, -0.15) is 0 Å². The third-order valence-corrected chi connectivity index (χ3v) is 5.23. The average Bonchev–Trinajstić information content (AvgIpc) is 2.68. The van der Waals surface area contributed by atoms with Gasteiger partial charge in [-0.15, -0.1) is 0 Å². The van der Waals surface area contributed by atoms with Crippen molar-refractivity contribution in [2.24, 2.45) is 11.7 Å². The lowest BCUT2D eigenvalue weighted by Gasteiger charge is -2.32. The zero-order chi connectivity index (χ0) is 18.4. The van der Waals surface area contributed by atoms with Crippen LogP contribution in [0.4, 0.5) is 0 Å². The summed E-state index contributed by atoms with van der Waals surface area (Å²) < 4.78 is 0. The molecule has 0 saturated carbocycles. The molecule has 1 amide bonds. The Labute approximate surface area is 155 Å². The van der Waals surface area contributed by atoms with E-state index in [-0.39, 0.29) is 11.7 Å². The highest BCUT2D eigenvalue weighted by molar-refractivity contribution is 5.94. The van der Waals surface area contributed by atoms with Gasteiger partial charge >= 0.3 is 0 Å². The third kappa shape index (κ3) is 4.94. The molecule has 0 radical (unpaired) electrons. The third-order valence-electron chi connectivity index (χ3n) is 5.23. The van der Waals surface area contributed by atoms with Crippen LogP contribution in [0, 0.1) is 11.3 Å². The second kappa shape index (κ2) is 8.65. The van der Waals surface area contributed by atoms with E-state index in [1.165, 1.54) is 5.56 Å². The first-order valence-corrected chi connectivity index (χ1v) is 9.37. The Kier molecular flexibility index (Phi) is 6.05. The van der Waals surface area contributed by atoms with Crippen molar-refractivity contribution < 1.29 is 4.79 Å². The predicted molar refractivity (Wildman–Crippen MR) is 105 cm³/mol. The van der Waals surface area contributed by atoms with E-state index in [1.807, 2.05) is 29.2 Å². The van der Waals surface area contributed by atoms with Crippen LogP contribution < -0.4 is 5.73 Å². The molecule has 4 nitrogen and oxygen atoms in total. The minimum absolute atomic E-state index is 0.0750. The molecule has 1 aliphatic rings. The van der Waals surface area contributed by atoms with Gasteiger partial charge in [0.25, 0.3) is 0 Å². The molecule has 2 aromatic rings. The van der Waals surface area contributed by atoms with Gasteiger partial charge in [0.15, 0.2) is 0 Å².